The van der Waals surface area contributed by atoms with Gasteiger partial charge in [0.2, 0.25) is 0 Å². The fourth-order valence-corrected chi connectivity index (χ4v) is 0. The first-order chi connectivity index (χ1) is 3.46. The summed E-state index contributed by atoms with van der Waals surface area (Å²) in [5, 5.41) is 21.5. The molecule has 0 aromatic heterocycles. The first kappa shape index (κ1) is 11.3. The molecule has 5 N–H and O–H groups in total. The Morgan fingerprint density at radius 3 is 1.12 bits per heavy atom. The van der Waals surface area contributed by atoms with Crippen LogP contribution in [0.3, 0.4) is 0 Å². The van der Waals surface area contributed by atoms with Crippen molar-refractivity contribution in [3.05, 3.63) is 0 Å². The SMILES string of the molecule is OB(O)O.[O]=[Sn]([OH])[OH]. The molecule has 8 heavy (non-hydrogen) atoms. The van der Waals surface area contributed by atoms with E-state index in [4.69, 9.17) is 25.0 Å². The standard InChI is InChI=1S/BH3O3.2H2O.O.Sn/c2-1(3)4;;;;/h2-4H;2*1H2;;/q;;;;+2/p-2. The molecule has 0 aliphatic heterocycles. The summed E-state index contributed by atoms with van der Waals surface area (Å²) in [7, 11) is -2.17. The molecule has 0 aromatic rings. The first-order valence-corrected chi connectivity index (χ1v) is 5.14. The van der Waals surface area contributed by atoms with E-state index in [1.165, 1.54) is 0 Å². The Bertz CT molecular complexity index is 52.8. The Morgan fingerprint density at radius 2 is 1.12 bits per heavy atom. The fraction of sp³-hybridized carbons (Fsp3) is 0. The molecule has 0 saturated heterocycles. The molecule has 0 rings (SSSR count). The van der Waals surface area contributed by atoms with E-state index in [0.717, 1.165) is 0 Å². The van der Waals surface area contributed by atoms with Crippen LogP contribution in [0.2, 0.25) is 0 Å². The van der Waals surface area contributed by atoms with Crippen molar-refractivity contribution in [2.75, 3.05) is 0 Å². The van der Waals surface area contributed by atoms with Crippen LogP contribution in [0.15, 0.2) is 0 Å². The van der Waals surface area contributed by atoms with E-state index in [1.807, 2.05) is 0 Å². The Morgan fingerprint density at radius 1 is 1.12 bits per heavy atom. The van der Waals surface area contributed by atoms with E-state index >= 15 is 0 Å². The van der Waals surface area contributed by atoms with Crippen LogP contribution in [-0.2, 0) is 3.08 Å². The molecule has 0 atom stereocenters. The van der Waals surface area contributed by atoms with Crippen molar-refractivity contribution in [2.45, 2.75) is 0 Å². The summed E-state index contributed by atoms with van der Waals surface area (Å²) < 4.78 is 23.3. The Hall–Kier alpha value is 0.464. The van der Waals surface area contributed by atoms with Gasteiger partial charge in [-0.2, -0.15) is 0 Å². The second-order valence-electron chi connectivity index (χ2n) is 0.629. The Kier molecular flexibility index (Phi) is 10.5. The van der Waals surface area contributed by atoms with Crippen LogP contribution in [0.5, 0.6) is 0 Å². The summed E-state index contributed by atoms with van der Waals surface area (Å²) in [6.07, 6.45) is 0. The van der Waals surface area contributed by atoms with Crippen LogP contribution in [0.1, 0.15) is 0 Å². The predicted molar refractivity (Wildman–Crippen MR) is 23.3 cm³/mol. The van der Waals surface area contributed by atoms with Gasteiger partial charge in [0.15, 0.2) is 0 Å². The molecule has 6 nitrogen and oxygen atoms in total. The molecule has 0 amide bonds. The third-order valence-electron chi connectivity index (χ3n) is 0. The van der Waals surface area contributed by atoms with Gasteiger partial charge in [-0.3, -0.25) is 0 Å². The summed E-state index contributed by atoms with van der Waals surface area (Å²) in [5.41, 5.74) is 0. The second-order valence-corrected chi connectivity index (χ2v) is 2.24. The molecule has 0 unspecified atom stereocenters. The summed E-state index contributed by atoms with van der Waals surface area (Å²) in [5.74, 6) is 0. The van der Waals surface area contributed by atoms with Gasteiger partial charge in [-0.05, 0) is 0 Å². The van der Waals surface area contributed by atoms with Gasteiger partial charge in [-0.1, -0.05) is 0 Å². The van der Waals surface area contributed by atoms with E-state index < -0.39 is 27.9 Å². The molecule has 0 radical (unpaired) electrons. The van der Waals surface area contributed by atoms with Crippen molar-refractivity contribution in [3.8, 4) is 0 Å². The third kappa shape index (κ3) is 898. The molecule has 8 heteroatoms. The number of rotatable bonds is 0. The van der Waals surface area contributed by atoms with Crippen molar-refractivity contribution >= 4 is 27.9 Å². The molecule has 0 heterocycles. The van der Waals surface area contributed by atoms with Crippen molar-refractivity contribution in [1.29, 1.82) is 0 Å². The van der Waals surface area contributed by atoms with Gasteiger partial charge in [-0.15, -0.1) is 0 Å². The van der Waals surface area contributed by atoms with Crippen LogP contribution >= 0.6 is 0 Å². The van der Waals surface area contributed by atoms with E-state index in [9.17, 15) is 0 Å². The van der Waals surface area contributed by atoms with Crippen LogP contribution in [-0.4, -0.2) is 49.9 Å². The predicted octanol–water partition coefficient (Wildman–Crippen LogP) is -3.67. The van der Waals surface area contributed by atoms with Crippen molar-refractivity contribution in [3.63, 3.8) is 0 Å². The van der Waals surface area contributed by atoms with Gasteiger partial charge in [0, 0.05) is 0 Å². The Labute approximate surface area is 53.4 Å². The zero-order chi connectivity index (χ0) is 7.15. The van der Waals surface area contributed by atoms with Crippen LogP contribution < -0.4 is 0 Å². The fourth-order valence-electron chi connectivity index (χ4n) is 0. The summed E-state index contributed by atoms with van der Waals surface area (Å²) >= 11 is -3.79. The van der Waals surface area contributed by atoms with Crippen LogP contribution in [0.4, 0.5) is 0 Å². The zero-order valence-corrected chi connectivity index (χ0v) is 6.58. The average molecular weight is 231 g/mol. The van der Waals surface area contributed by atoms with Crippen molar-refractivity contribution in [2.24, 2.45) is 0 Å². The van der Waals surface area contributed by atoms with Gasteiger partial charge in [0.05, 0.1) is 0 Å². The molecule has 0 saturated carbocycles. The van der Waals surface area contributed by atoms with Crippen molar-refractivity contribution in [1.82, 2.24) is 0 Å². The van der Waals surface area contributed by atoms with Crippen molar-refractivity contribution < 1.29 is 25.0 Å². The normalized spacial score (nSPS) is 6.62. The van der Waals surface area contributed by atoms with Crippen LogP contribution in [0.25, 0.3) is 0 Å². The Balaban J connectivity index is 0. The molecule has 0 aromatic carbocycles. The minimum atomic E-state index is -3.79. The van der Waals surface area contributed by atoms with Gasteiger partial charge in [-0.25, -0.2) is 0 Å². The molecule has 48 valence electrons. The van der Waals surface area contributed by atoms with Crippen LogP contribution in [0, 0.1) is 0 Å². The maximum absolute atomic E-state index is 8.84. The molecule has 0 aliphatic carbocycles. The molecular weight excluding hydrogens is 226 g/mol. The summed E-state index contributed by atoms with van der Waals surface area (Å²) in [6, 6.07) is 0. The van der Waals surface area contributed by atoms with Gasteiger partial charge >= 0.3 is 37.9 Å². The van der Waals surface area contributed by atoms with E-state index in [-0.39, 0.29) is 0 Å². The second kappa shape index (κ2) is 7.46. The van der Waals surface area contributed by atoms with E-state index in [1.54, 1.807) is 0 Å². The van der Waals surface area contributed by atoms with Gasteiger partial charge in [0.1, 0.15) is 0 Å². The zero-order valence-electron chi connectivity index (χ0n) is 3.72. The van der Waals surface area contributed by atoms with Gasteiger partial charge < -0.3 is 15.1 Å². The van der Waals surface area contributed by atoms with E-state index in [2.05, 4.69) is 0 Å². The average Bonchev–Trinajstić information content (AvgIpc) is 1.25. The summed E-state index contributed by atoms with van der Waals surface area (Å²) in [6.45, 7) is 0. The topological polar surface area (TPSA) is 118 Å². The number of hydrogen-bond donors (Lipinski definition) is 5. The van der Waals surface area contributed by atoms with E-state index in [0.29, 0.717) is 0 Å². The minimum absolute atomic E-state index is 2.17. The maximum atomic E-state index is 8.84. The molecule has 0 fully saturated rings. The third-order valence-corrected chi connectivity index (χ3v) is 0. The monoisotopic (exact) mass is 232 g/mol. The number of hydrogen-bond acceptors (Lipinski definition) is 4. The van der Waals surface area contributed by atoms with Gasteiger partial charge in [0.25, 0.3) is 0 Å². The molecule has 0 bridgehead atoms. The molecular formula is H5BO6Sn. The first-order valence-electron chi connectivity index (χ1n) is 1.43. The summed E-state index contributed by atoms with van der Waals surface area (Å²) in [4.78, 5) is 0. The molecule has 0 spiro atoms. The quantitative estimate of drug-likeness (QED) is 0.274. The molecule has 0 aliphatic rings.